The molecule has 6 nitrogen and oxygen atoms in total. The summed E-state index contributed by atoms with van der Waals surface area (Å²) < 4.78 is 45.6. The van der Waals surface area contributed by atoms with Crippen molar-refractivity contribution in [1.82, 2.24) is 4.72 Å². The van der Waals surface area contributed by atoms with Gasteiger partial charge in [-0.05, 0) is 54.8 Å². The molecule has 0 atom stereocenters. The number of carbonyl (C=O) groups is 1. The molecule has 27 heavy (non-hydrogen) atoms. The van der Waals surface area contributed by atoms with Crippen LogP contribution in [0.3, 0.4) is 0 Å². The largest absolute Gasteiger partial charge is 0.495 e. The van der Waals surface area contributed by atoms with E-state index in [0.29, 0.717) is 11.3 Å². The lowest BCUT2D eigenvalue weighted by atomic mass is 10.2. The maximum Gasteiger partial charge on any atom is 0.248 e. The van der Waals surface area contributed by atoms with Crippen LogP contribution in [0.2, 0.25) is 0 Å². The van der Waals surface area contributed by atoms with Gasteiger partial charge in [0.15, 0.2) is 0 Å². The van der Waals surface area contributed by atoms with Crippen LogP contribution in [-0.2, 0) is 14.8 Å². The number of sulfonamides is 1. The van der Waals surface area contributed by atoms with E-state index < -0.39 is 21.7 Å². The Morgan fingerprint density at radius 1 is 1.22 bits per heavy atom. The van der Waals surface area contributed by atoms with Crippen molar-refractivity contribution in [3.8, 4) is 5.75 Å². The van der Waals surface area contributed by atoms with Crippen LogP contribution in [0.25, 0.3) is 6.08 Å². The number of nitrogens with one attached hydrogen (secondary N) is 2. The number of hydrogen-bond donors (Lipinski definition) is 2. The van der Waals surface area contributed by atoms with Crippen LogP contribution in [0.5, 0.6) is 5.75 Å². The van der Waals surface area contributed by atoms with Gasteiger partial charge >= 0.3 is 0 Å². The highest BCUT2D eigenvalue weighted by Crippen LogP contribution is 2.29. The normalized spacial score (nSPS) is 14.3. The van der Waals surface area contributed by atoms with Gasteiger partial charge < -0.3 is 10.1 Å². The summed E-state index contributed by atoms with van der Waals surface area (Å²) >= 11 is 0. The van der Waals surface area contributed by atoms with E-state index in [4.69, 9.17) is 4.74 Å². The maximum atomic E-state index is 13.2. The summed E-state index contributed by atoms with van der Waals surface area (Å²) in [5.74, 6) is -0.574. The molecule has 142 valence electrons. The molecule has 2 N–H and O–H groups in total. The fourth-order valence-electron chi connectivity index (χ4n) is 2.40. The second-order valence-electron chi connectivity index (χ2n) is 6.14. The Balaban J connectivity index is 1.78. The summed E-state index contributed by atoms with van der Waals surface area (Å²) in [4.78, 5) is 12.2. The number of halogens is 1. The lowest BCUT2D eigenvalue weighted by Crippen LogP contribution is -2.25. The molecule has 3 rings (SSSR count). The first-order chi connectivity index (χ1) is 12.9. The van der Waals surface area contributed by atoms with E-state index in [2.05, 4.69) is 10.0 Å². The van der Waals surface area contributed by atoms with Gasteiger partial charge in [0.2, 0.25) is 15.9 Å². The van der Waals surface area contributed by atoms with Crippen molar-refractivity contribution in [2.45, 2.75) is 23.8 Å². The first kappa shape index (κ1) is 19.1. The fourth-order valence-corrected chi connectivity index (χ4v) is 3.73. The Labute approximate surface area is 157 Å². The smallest absolute Gasteiger partial charge is 0.248 e. The number of rotatable bonds is 7. The molecule has 0 heterocycles. The molecule has 0 unspecified atom stereocenters. The monoisotopic (exact) mass is 390 g/mol. The Morgan fingerprint density at radius 3 is 2.67 bits per heavy atom. The molecule has 1 aliphatic carbocycles. The summed E-state index contributed by atoms with van der Waals surface area (Å²) in [6, 6.07) is 10.0. The molecular formula is C19H19FN2O4S. The molecule has 0 bridgehead atoms. The van der Waals surface area contributed by atoms with Crippen molar-refractivity contribution in [1.29, 1.82) is 0 Å². The first-order valence-corrected chi connectivity index (χ1v) is 9.81. The van der Waals surface area contributed by atoms with Gasteiger partial charge in [-0.3, -0.25) is 4.79 Å². The minimum absolute atomic E-state index is 0.0238. The minimum Gasteiger partial charge on any atom is -0.495 e. The van der Waals surface area contributed by atoms with Gasteiger partial charge in [-0.1, -0.05) is 12.1 Å². The molecule has 0 saturated heterocycles. The van der Waals surface area contributed by atoms with Gasteiger partial charge in [0, 0.05) is 12.1 Å². The van der Waals surface area contributed by atoms with Crippen LogP contribution < -0.4 is 14.8 Å². The minimum atomic E-state index is -3.66. The third kappa shape index (κ3) is 5.15. The second-order valence-corrected chi connectivity index (χ2v) is 7.85. The number of amides is 1. The van der Waals surface area contributed by atoms with Crippen molar-refractivity contribution >= 4 is 27.7 Å². The van der Waals surface area contributed by atoms with E-state index in [9.17, 15) is 17.6 Å². The Hall–Kier alpha value is -2.71. The van der Waals surface area contributed by atoms with Crippen molar-refractivity contribution in [2.24, 2.45) is 0 Å². The lowest BCUT2D eigenvalue weighted by Gasteiger charge is -2.12. The van der Waals surface area contributed by atoms with Crippen LogP contribution in [0.1, 0.15) is 18.4 Å². The third-order valence-corrected chi connectivity index (χ3v) is 5.43. The van der Waals surface area contributed by atoms with Crippen LogP contribution in [0.4, 0.5) is 10.1 Å². The van der Waals surface area contributed by atoms with E-state index in [-0.39, 0.29) is 16.6 Å². The highest BCUT2D eigenvalue weighted by atomic mass is 32.2. The predicted octanol–water partition coefficient (Wildman–Crippen LogP) is 2.93. The number of hydrogen-bond acceptors (Lipinski definition) is 4. The van der Waals surface area contributed by atoms with Crippen molar-refractivity contribution < 1.29 is 22.3 Å². The Bertz CT molecular complexity index is 985. The van der Waals surface area contributed by atoms with Gasteiger partial charge in [0.1, 0.15) is 11.6 Å². The van der Waals surface area contributed by atoms with Crippen molar-refractivity contribution in [2.75, 3.05) is 12.4 Å². The zero-order valence-electron chi connectivity index (χ0n) is 14.6. The fraction of sp³-hybridized carbons (Fsp3) is 0.211. The molecular weight excluding hydrogens is 371 g/mol. The number of methoxy groups -OCH3 is 1. The summed E-state index contributed by atoms with van der Waals surface area (Å²) in [5, 5.41) is 2.59. The van der Waals surface area contributed by atoms with Gasteiger partial charge in [-0.15, -0.1) is 0 Å². The molecule has 1 aliphatic rings. The molecule has 0 radical (unpaired) electrons. The summed E-state index contributed by atoms with van der Waals surface area (Å²) in [6.45, 7) is 0. The molecule has 0 aliphatic heterocycles. The molecule has 2 aromatic carbocycles. The molecule has 1 fully saturated rings. The van der Waals surface area contributed by atoms with Crippen molar-refractivity contribution in [3.63, 3.8) is 0 Å². The van der Waals surface area contributed by atoms with Crippen LogP contribution >= 0.6 is 0 Å². The molecule has 1 saturated carbocycles. The van der Waals surface area contributed by atoms with E-state index in [1.165, 1.54) is 55.7 Å². The number of ether oxygens (including phenoxy) is 1. The van der Waals surface area contributed by atoms with E-state index in [0.717, 1.165) is 12.8 Å². The molecule has 1 amide bonds. The quantitative estimate of drug-likeness (QED) is 0.712. The maximum absolute atomic E-state index is 13.2. The standard InChI is InChI=1S/C19H19FN2O4S/c1-26-18-9-8-16(27(24,25)22-15-6-7-15)12-17(18)21-19(23)10-5-13-3-2-4-14(20)11-13/h2-5,8-12,15,22H,6-7H2,1H3,(H,21,23)/b10-5+. The topological polar surface area (TPSA) is 84.5 Å². The van der Waals surface area contributed by atoms with Gasteiger partial charge in [0.05, 0.1) is 17.7 Å². The molecule has 0 spiro atoms. The van der Waals surface area contributed by atoms with Crippen LogP contribution in [-0.4, -0.2) is 27.5 Å². The SMILES string of the molecule is COc1ccc(S(=O)(=O)NC2CC2)cc1NC(=O)/C=C/c1cccc(F)c1. The summed E-state index contributed by atoms with van der Waals surface area (Å²) in [5.41, 5.74) is 0.757. The zero-order valence-corrected chi connectivity index (χ0v) is 15.4. The number of carbonyl (C=O) groups excluding carboxylic acids is 1. The highest BCUT2D eigenvalue weighted by Gasteiger charge is 2.28. The Kier molecular flexibility index (Phi) is 5.57. The first-order valence-electron chi connectivity index (χ1n) is 8.32. The third-order valence-electron chi connectivity index (χ3n) is 3.91. The average Bonchev–Trinajstić information content (AvgIpc) is 3.43. The zero-order chi connectivity index (χ0) is 19.4. The van der Waals surface area contributed by atoms with Crippen molar-refractivity contribution in [3.05, 3.63) is 59.9 Å². The number of anilines is 1. The van der Waals surface area contributed by atoms with Gasteiger partial charge in [0.25, 0.3) is 0 Å². The summed E-state index contributed by atoms with van der Waals surface area (Å²) in [7, 11) is -2.24. The second kappa shape index (κ2) is 7.89. The Morgan fingerprint density at radius 2 is 2.00 bits per heavy atom. The van der Waals surface area contributed by atoms with E-state index >= 15 is 0 Å². The van der Waals surface area contributed by atoms with E-state index in [1.54, 1.807) is 6.07 Å². The van der Waals surface area contributed by atoms with Gasteiger partial charge in [-0.25, -0.2) is 17.5 Å². The van der Waals surface area contributed by atoms with Gasteiger partial charge in [-0.2, -0.15) is 0 Å². The molecule has 8 heteroatoms. The average molecular weight is 390 g/mol. The predicted molar refractivity (Wildman–Crippen MR) is 100 cm³/mol. The molecule has 2 aromatic rings. The molecule has 0 aromatic heterocycles. The highest BCUT2D eigenvalue weighted by molar-refractivity contribution is 7.89. The summed E-state index contributed by atoms with van der Waals surface area (Å²) in [6.07, 6.45) is 4.34. The van der Waals surface area contributed by atoms with Crippen LogP contribution in [0.15, 0.2) is 53.4 Å². The van der Waals surface area contributed by atoms with E-state index in [1.807, 2.05) is 0 Å². The lowest BCUT2D eigenvalue weighted by molar-refractivity contribution is -0.111. The van der Waals surface area contributed by atoms with Crippen LogP contribution in [0, 0.1) is 5.82 Å². The number of benzene rings is 2.